The molecular weight excluding hydrogens is 290 g/mol. The lowest BCUT2D eigenvalue weighted by Crippen LogP contribution is -2.39. The van der Waals surface area contributed by atoms with Crippen LogP contribution in [0.3, 0.4) is 0 Å². The molecule has 1 aromatic carbocycles. The van der Waals surface area contributed by atoms with Gasteiger partial charge in [-0.2, -0.15) is 4.31 Å². The molecular formula is C15H19NO4S. The Kier molecular flexibility index (Phi) is 5.37. The van der Waals surface area contributed by atoms with Crippen LogP contribution in [0, 0.1) is 11.8 Å². The number of benzene rings is 1. The Morgan fingerprint density at radius 3 is 2.38 bits per heavy atom. The minimum Gasteiger partial charge on any atom is -0.395 e. The Bertz CT molecular complexity index is 620. The van der Waals surface area contributed by atoms with Crippen LogP contribution in [0.1, 0.15) is 24.8 Å². The van der Waals surface area contributed by atoms with E-state index < -0.39 is 16.1 Å². The van der Waals surface area contributed by atoms with Crippen LogP contribution in [0.25, 0.3) is 0 Å². The lowest BCUT2D eigenvalue weighted by atomic mass is 10.1. The zero-order valence-electron chi connectivity index (χ0n) is 11.7. The van der Waals surface area contributed by atoms with Crippen LogP contribution in [0.5, 0.6) is 0 Å². The zero-order valence-corrected chi connectivity index (χ0v) is 12.5. The molecule has 0 bridgehead atoms. The van der Waals surface area contributed by atoms with Gasteiger partial charge >= 0.3 is 0 Å². The minimum absolute atomic E-state index is 0.0142. The highest BCUT2D eigenvalue weighted by Crippen LogP contribution is 2.20. The van der Waals surface area contributed by atoms with Crippen LogP contribution in [0.15, 0.2) is 29.2 Å². The van der Waals surface area contributed by atoms with Crippen molar-refractivity contribution in [3.63, 3.8) is 0 Å². The van der Waals surface area contributed by atoms with Gasteiger partial charge in [-0.25, -0.2) is 8.42 Å². The Morgan fingerprint density at radius 2 is 1.81 bits per heavy atom. The lowest BCUT2D eigenvalue weighted by Gasteiger charge is -2.28. The number of aliphatic hydroxyl groups excluding tert-OH is 2. The van der Waals surface area contributed by atoms with Gasteiger partial charge in [-0.1, -0.05) is 11.8 Å². The summed E-state index contributed by atoms with van der Waals surface area (Å²) < 4.78 is 26.3. The van der Waals surface area contributed by atoms with Crippen molar-refractivity contribution in [1.82, 2.24) is 4.31 Å². The quantitative estimate of drug-likeness (QED) is 0.800. The summed E-state index contributed by atoms with van der Waals surface area (Å²) in [4.78, 5) is 0.242. The summed E-state index contributed by atoms with van der Waals surface area (Å²) >= 11 is 0. The first-order valence-corrected chi connectivity index (χ1v) is 8.36. The van der Waals surface area contributed by atoms with Gasteiger partial charge in [0.05, 0.1) is 17.6 Å². The van der Waals surface area contributed by atoms with Gasteiger partial charge in [0, 0.05) is 25.1 Å². The summed E-state index contributed by atoms with van der Waals surface area (Å²) in [6.45, 7) is 0.712. The molecule has 21 heavy (non-hydrogen) atoms. The third-order valence-electron chi connectivity index (χ3n) is 3.39. The highest BCUT2D eigenvalue weighted by molar-refractivity contribution is 7.89. The fraction of sp³-hybridized carbons (Fsp3) is 0.467. The number of sulfonamides is 1. The van der Waals surface area contributed by atoms with Crippen molar-refractivity contribution >= 4 is 10.0 Å². The molecule has 1 heterocycles. The summed E-state index contributed by atoms with van der Waals surface area (Å²) in [5.41, 5.74) is 0.719. The van der Waals surface area contributed by atoms with Gasteiger partial charge in [0.1, 0.15) is 0 Å². The smallest absolute Gasteiger partial charge is 0.243 e. The zero-order chi connectivity index (χ0) is 15.3. The molecule has 2 rings (SSSR count). The second-order valence-electron chi connectivity index (χ2n) is 4.94. The molecule has 0 aromatic heterocycles. The van der Waals surface area contributed by atoms with E-state index in [4.69, 9.17) is 5.11 Å². The fourth-order valence-corrected chi connectivity index (χ4v) is 3.63. The van der Waals surface area contributed by atoms with Crippen LogP contribution in [0.2, 0.25) is 0 Å². The number of aliphatic hydroxyl groups is 2. The molecule has 0 spiro atoms. The van der Waals surface area contributed by atoms with Gasteiger partial charge in [0.2, 0.25) is 10.0 Å². The van der Waals surface area contributed by atoms with E-state index in [0.717, 1.165) is 5.56 Å². The fourth-order valence-electron chi connectivity index (χ4n) is 2.16. The van der Waals surface area contributed by atoms with Crippen LogP contribution in [-0.2, 0) is 10.0 Å². The van der Waals surface area contributed by atoms with Gasteiger partial charge in [-0.05, 0) is 37.1 Å². The largest absolute Gasteiger partial charge is 0.395 e. The number of hydrogen-bond acceptors (Lipinski definition) is 4. The maximum Gasteiger partial charge on any atom is 0.243 e. The summed E-state index contributed by atoms with van der Waals surface area (Å²) in [6.07, 6.45) is 0.949. The van der Waals surface area contributed by atoms with Crippen molar-refractivity contribution in [1.29, 1.82) is 0 Å². The molecule has 1 fully saturated rings. The summed E-state index contributed by atoms with van der Waals surface area (Å²) in [7, 11) is -3.49. The number of hydrogen-bond donors (Lipinski definition) is 2. The highest BCUT2D eigenvalue weighted by atomic mass is 32.2. The Labute approximate surface area is 125 Å². The van der Waals surface area contributed by atoms with E-state index >= 15 is 0 Å². The molecule has 1 aliphatic heterocycles. The average Bonchev–Trinajstić information content (AvgIpc) is 2.48. The molecule has 1 aliphatic rings. The Morgan fingerprint density at radius 1 is 1.19 bits per heavy atom. The standard InChI is InChI=1S/C15H19NO4S/c17-12-2-1-3-13-4-6-15(7-5-13)21(19,20)16-10-8-14(18)9-11-16/h4-7,14,17-18H,2,8-12H2. The number of nitrogens with zero attached hydrogens (tertiary/aromatic N) is 1. The number of rotatable bonds is 3. The monoisotopic (exact) mass is 309 g/mol. The van der Waals surface area contributed by atoms with Crippen LogP contribution >= 0.6 is 0 Å². The molecule has 0 unspecified atom stereocenters. The van der Waals surface area contributed by atoms with E-state index in [1.54, 1.807) is 24.3 Å². The van der Waals surface area contributed by atoms with E-state index in [1.165, 1.54) is 4.31 Å². The molecule has 2 N–H and O–H groups in total. The van der Waals surface area contributed by atoms with Crippen molar-refractivity contribution in [2.45, 2.75) is 30.3 Å². The van der Waals surface area contributed by atoms with Crippen molar-refractivity contribution in [3.8, 4) is 11.8 Å². The van der Waals surface area contributed by atoms with Crippen molar-refractivity contribution in [3.05, 3.63) is 29.8 Å². The Hall–Kier alpha value is -1.39. The van der Waals surface area contributed by atoms with E-state index in [-0.39, 0.29) is 11.5 Å². The van der Waals surface area contributed by atoms with Crippen LogP contribution in [-0.4, -0.2) is 48.7 Å². The van der Waals surface area contributed by atoms with E-state index in [9.17, 15) is 13.5 Å². The maximum absolute atomic E-state index is 12.4. The molecule has 5 nitrogen and oxygen atoms in total. The first kappa shape index (κ1) is 16.0. The molecule has 0 radical (unpaired) electrons. The van der Waals surface area contributed by atoms with E-state index in [2.05, 4.69) is 11.8 Å². The first-order chi connectivity index (χ1) is 10.0. The average molecular weight is 309 g/mol. The summed E-state index contributed by atoms with van der Waals surface area (Å²) in [6, 6.07) is 6.42. The van der Waals surface area contributed by atoms with Gasteiger partial charge in [0.25, 0.3) is 0 Å². The second-order valence-corrected chi connectivity index (χ2v) is 6.87. The predicted molar refractivity (Wildman–Crippen MR) is 79.0 cm³/mol. The molecule has 1 aromatic rings. The van der Waals surface area contributed by atoms with E-state index in [0.29, 0.717) is 32.4 Å². The molecule has 0 saturated carbocycles. The van der Waals surface area contributed by atoms with Gasteiger partial charge in [-0.3, -0.25) is 0 Å². The van der Waals surface area contributed by atoms with Crippen molar-refractivity contribution in [2.24, 2.45) is 0 Å². The SMILES string of the molecule is O=S(=O)(c1ccc(C#CCCO)cc1)N1CCC(O)CC1. The summed E-state index contributed by atoms with van der Waals surface area (Å²) in [5.74, 6) is 5.65. The van der Waals surface area contributed by atoms with Crippen LogP contribution in [0.4, 0.5) is 0 Å². The normalized spacial score (nSPS) is 17.2. The minimum atomic E-state index is -3.49. The van der Waals surface area contributed by atoms with E-state index in [1.807, 2.05) is 0 Å². The highest BCUT2D eigenvalue weighted by Gasteiger charge is 2.28. The molecule has 1 saturated heterocycles. The first-order valence-electron chi connectivity index (χ1n) is 6.92. The second kappa shape index (κ2) is 7.05. The topological polar surface area (TPSA) is 77.8 Å². The third kappa shape index (κ3) is 4.05. The third-order valence-corrected chi connectivity index (χ3v) is 5.30. The van der Waals surface area contributed by atoms with Crippen LogP contribution < -0.4 is 0 Å². The predicted octanol–water partition coefficient (Wildman–Crippen LogP) is 0.566. The molecule has 0 aliphatic carbocycles. The summed E-state index contributed by atoms with van der Waals surface area (Å²) in [5, 5.41) is 18.1. The van der Waals surface area contributed by atoms with Gasteiger partial charge < -0.3 is 10.2 Å². The Balaban J connectivity index is 2.12. The van der Waals surface area contributed by atoms with Crippen molar-refractivity contribution in [2.75, 3.05) is 19.7 Å². The maximum atomic E-state index is 12.4. The molecule has 0 amide bonds. The molecule has 114 valence electrons. The van der Waals surface area contributed by atoms with Crippen molar-refractivity contribution < 1.29 is 18.6 Å². The number of piperidine rings is 1. The van der Waals surface area contributed by atoms with Gasteiger partial charge in [0.15, 0.2) is 0 Å². The molecule has 0 atom stereocenters. The molecule has 6 heteroatoms. The van der Waals surface area contributed by atoms with Gasteiger partial charge in [-0.15, -0.1) is 0 Å². The lowest BCUT2D eigenvalue weighted by molar-refractivity contribution is 0.113.